The van der Waals surface area contributed by atoms with E-state index in [2.05, 4.69) is 38.1 Å². The van der Waals surface area contributed by atoms with Crippen molar-refractivity contribution in [1.29, 1.82) is 0 Å². The number of unbranched alkanes of at least 4 members (excludes halogenated alkanes) is 16. The molecule has 0 atom stereocenters. The normalized spacial score (nSPS) is 12.3. The lowest BCUT2D eigenvalue weighted by atomic mass is 9.77. The van der Waals surface area contributed by atoms with E-state index < -0.39 is 10.8 Å². The maximum atomic E-state index is 10.2. The largest absolute Gasteiger partial charge is 0.396 e. The van der Waals surface area contributed by atoms with Crippen LogP contribution >= 0.6 is 0 Å². The molecule has 40 heavy (non-hydrogen) atoms. The molecule has 234 valence electrons. The second kappa shape index (κ2) is 23.6. The standard InChI is InChI=1S/C36H66O4/c1-3-5-7-9-11-13-15-17-19-25-35(29-37,30-38)27-33-21-23-34(24-22-33)28-36(31-39,32-40)26-20-18-16-14-12-10-8-6-4-2/h21-24,37-40H,3-20,25-32H2,1-2H3. The summed E-state index contributed by atoms with van der Waals surface area (Å²) in [7, 11) is 0. The molecular weight excluding hydrogens is 496 g/mol. The van der Waals surface area contributed by atoms with Crippen LogP contribution in [-0.4, -0.2) is 46.9 Å². The van der Waals surface area contributed by atoms with Crippen molar-refractivity contribution >= 4 is 0 Å². The number of benzene rings is 1. The number of rotatable bonds is 28. The Kier molecular flexibility index (Phi) is 21.9. The molecule has 0 saturated heterocycles. The Morgan fingerprint density at radius 1 is 0.400 bits per heavy atom. The number of aliphatic hydroxyl groups excluding tert-OH is 4. The molecule has 0 saturated carbocycles. The maximum absolute atomic E-state index is 10.2. The monoisotopic (exact) mass is 562 g/mol. The summed E-state index contributed by atoms with van der Waals surface area (Å²) in [5.41, 5.74) is 1.30. The minimum atomic E-state index is -0.474. The van der Waals surface area contributed by atoms with E-state index in [0.29, 0.717) is 12.8 Å². The van der Waals surface area contributed by atoms with E-state index >= 15 is 0 Å². The Hall–Kier alpha value is -0.940. The van der Waals surface area contributed by atoms with Crippen LogP contribution in [0.4, 0.5) is 0 Å². The molecule has 0 radical (unpaired) electrons. The maximum Gasteiger partial charge on any atom is 0.0512 e. The van der Waals surface area contributed by atoms with E-state index in [1.54, 1.807) is 0 Å². The fourth-order valence-electron chi connectivity index (χ4n) is 6.08. The number of hydrogen-bond donors (Lipinski definition) is 4. The second-order valence-electron chi connectivity index (χ2n) is 13.0. The molecule has 0 fully saturated rings. The van der Waals surface area contributed by atoms with E-state index in [-0.39, 0.29) is 26.4 Å². The van der Waals surface area contributed by atoms with Crippen LogP contribution in [-0.2, 0) is 12.8 Å². The molecule has 4 N–H and O–H groups in total. The highest BCUT2D eigenvalue weighted by Crippen LogP contribution is 2.32. The highest BCUT2D eigenvalue weighted by atomic mass is 16.3. The Balaban J connectivity index is 2.49. The van der Waals surface area contributed by atoms with Gasteiger partial charge in [0.1, 0.15) is 0 Å². The predicted octanol–water partition coefficient (Wildman–Crippen LogP) is 8.56. The second-order valence-corrected chi connectivity index (χ2v) is 13.0. The van der Waals surface area contributed by atoms with Gasteiger partial charge in [0.15, 0.2) is 0 Å². The van der Waals surface area contributed by atoms with Crippen LogP contribution in [0.3, 0.4) is 0 Å². The third kappa shape index (κ3) is 15.9. The first-order chi connectivity index (χ1) is 19.5. The van der Waals surface area contributed by atoms with Crippen LogP contribution in [0.2, 0.25) is 0 Å². The van der Waals surface area contributed by atoms with Crippen LogP contribution < -0.4 is 0 Å². The van der Waals surface area contributed by atoms with Crippen molar-refractivity contribution < 1.29 is 20.4 Å². The molecule has 0 spiro atoms. The summed E-state index contributed by atoms with van der Waals surface area (Å²) in [6.45, 7) is 4.50. The zero-order valence-electron chi connectivity index (χ0n) is 26.5. The van der Waals surface area contributed by atoms with Gasteiger partial charge in [-0.25, -0.2) is 0 Å². The van der Waals surface area contributed by atoms with E-state index in [1.807, 2.05) is 0 Å². The van der Waals surface area contributed by atoms with E-state index in [1.165, 1.54) is 89.9 Å². The highest BCUT2D eigenvalue weighted by molar-refractivity contribution is 5.25. The van der Waals surface area contributed by atoms with Crippen molar-refractivity contribution in [2.45, 2.75) is 155 Å². The minimum Gasteiger partial charge on any atom is -0.396 e. The summed E-state index contributed by atoms with van der Waals surface area (Å²) >= 11 is 0. The van der Waals surface area contributed by atoms with Crippen LogP contribution in [0.25, 0.3) is 0 Å². The van der Waals surface area contributed by atoms with Crippen LogP contribution in [0.1, 0.15) is 153 Å². The Bertz CT molecular complexity index is 620. The number of hydrogen-bond acceptors (Lipinski definition) is 4. The number of aliphatic hydroxyl groups is 4. The van der Waals surface area contributed by atoms with Crippen molar-refractivity contribution in [3.63, 3.8) is 0 Å². The summed E-state index contributed by atoms with van der Waals surface area (Å²) in [6, 6.07) is 8.40. The van der Waals surface area contributed by atoms with Crippen molar-refractivity contribution in [2.24, 2.45) is 10.8 Å². The van der Waals surface area contributed by atoms with Gasteiger partial charge in [0.05, 0.1) is 26.4 Å². The molecule has 0 heterocycles. The summed E-state index contributed by atoms with van der Waals surface area (Å²) < 4.78 is 0. The van der Waals surface area contributed by atoms with Crippen molar-refractivity contribution in [1.82, 2.24) is 0 Å². The molecule has 1 aromatic rings. The van der Waals surface area contributed by atoms with E-state index in [0.717, 1.165) is 49.7 Å². The first-order valence-electron chi connectivity index (χ1n) is 17.0. The molecule has 0 aromatic heterocycles. The average molecular weight is 563 g/mol. The van der Waals surface area contributed by atoms with Crippen molar-refractivity contribution in [2.75, 3.05) is 26.4 Å². The molecule has 0 aliphatic heterocycles. The molecule has 0 unspecified atom stereocenters. The van der Waals surface area contributed by atoms with Crippen LogP contribution in [0.5, 0.6) is 0 Å². The average Bonchev–Trinajstić information content (AvgIpc) is 2.99. The summed E-state index contributed by atoms with van der Waals surface area (Å²) in [5, 5.41) is 40.8. The molecule has 1 aromatic carbocycles. The zero-order valence-corrected chi connectivity index (χ0v) is 26.5. The third-order valence-corrected chi connectivity index (χ3v) is 9.14. The van der Waals surface area contributed by atoms with Gasteiger partial charge in [-0.2, -0.15) is 0 Å². The van der Waals surface area contributed by atoms with E-state index in [9.17, 15) is 20.4 Å². The quantitative estimate of drug-likeness (QED) is 0.0771. The molecule has 4 nitrogen and oxygen atoms in total. The van der Waals surface area contributed by atoms with Gasteiger partial charge in [-0.1, -0.05) is 154 Å². The van der Waals surface area contributed by atoms with Gasteiger partial charge in [-0.3, -0.25) is 0 Å². The SMILES string of the molecule is CCCCCCCCCCCC(CO)(CO)Cc1ccc(CC(CO)(CO)CCCCCCCCCCC)cc1. The molecule has 0 bridgehead atoms. The van der Waals surface area contributed by atoms with Crippen molar-refractivity contribution in [3.05, 3.63) is 35.4 Å². The topological polar surface area (TPSA) is 80.9 Å². The Morgan fingerprint density at radius 3 is 0.900 bits per heavy atom. The van der Waals surface area contributed by atoms with E-state index in [4.69, 9.17) is 0 Å². The fourth-order valence-corrected chi connectivity index (χ4v) is 6.08. The van der Waals surface area contributed by atoms with Gasteiger partial charge < -0.3 is 20.4 Å². The first kappa shape index (κ1) is 37.1. The summed E-state index contributed by atoms with van der Waals surface area (Å²) in [6.07, 6.45) is 25.8. The summed E-state index contributed by atoms with van der Waals surface area (Å²) in [5.74, 6) is 0. The van der Waals surface area contributed by atoms with Gasteiger partial charge in [-0.15, -0.1) is 0 Å². The third-order valence-electron chi connectivity index (χ3n) is 9.14. The lowest BCUT2D eigenvalue weighted by Crippen LogP contribution is -2.33. The minimum absolute atomic E-state index is 0.000848. The predicted molar refractivity (Wildman–Crippen MR) is 171 cm³/mol. The molecule has 0 aliphatic carbocycles. The molecule has 1 rings (SSSR count). The smallest absolute Gasteiger partial charge is 0.0512 e. The zero-order chi connectivity index (χ0) is 29.4. The summed E-state index contributed by atoms with van der Waals surface area (Å²) in [4.78, 5) is 0. The molecule has 0 aliphatic rings. The molecule has 0 amide bonds. The first-order valence-corrected chi connectivity index (χ1v) is 17.0. The van der Waals surface area contributed by atoms with Crippen molar-refractivity contribution in [3.8, 4) is 0 Å². The Labute approximate surface area is 248 Å². The fraction of sp³-hybridized carbons (Fsp3) is 0.833. The van der Waals surface area contributed by atoms with Gasteiger partial charge in [0.25, 0.3) is 0 Å². The lowest BCUT2D eigenvalue weighted by molar-refractivity contribution is 0.0442. The van der Waals surface area contributed by atoms with Gasteiger partial charge >= 0.3 is 0 Å². The Morgan fingerprint density at radius 2 is 0.650 bits per heavy atom. The van der Waals surface area contributed by atoms with Gasteiger partial charge in [0.2, 0.25) is 0 Å². The highest BCUT2D eigenvalue weighted by Gasteiger charge is 2.30. The molecule has 4 heteroatoms. The van der Waals surface area contributed by atoms with Gasteiger partial charge in [0, 0.05) is 10.8 Å². The molecular formula is C36H66O4. The lowest BCUT2D eigenvalue weighted by Gasteiger charge is -2.31. The van der Waals surface area contributed by atoms with Crippen LogP contribution in [0.15, 0.2) is 24.3 Å². The van der Waals surface area contributed by atoms with Crippen LogP contribution in [0, 0.1) is 10.8 Å². The van der Waals surface area contributed by atoms with Gasteiger partial charge in [-0.05, 0) is 36.8 Å².